The minimum absolute atomic E-state index is 0.0887. The largest absolute Gasteiger partial charge is 0.356 e. The number of thiazole rings is 1. The Hall–Kier alpha value is -2.69. The molecule has 0 spiro atoms. The Labute approximate surface area is 183 Å². The molecule has 6 nitrogen and oxygen atoms in total. The Balaban J connectivity index is 1.41. The van der Waals surface area contributed by atoms with Crippen LogP contribution in [0.5, 0.6) is 0 Å². The maximum atomic E-state index is 13.2. The van der Waals surface area contributed by atoms with E-state index >= 15 is 0 Å². The molecule has 0 radical (unpaired) electrons. The van der Waals surface area contributed by atoms with Gasteiger partial charge in [0, 0.05) is 36.9 Å². The zero-order valence-corrected chi connectivity index (χ0v) is 18.3. The quantitative estimate of drug-likeness (QED) is 0.507. The van der Waals surface area contributed by atoms with Gasteiger partial charge in [-0.2, -0.15) is 0 Å². The molecule has 3 aromatic rings. The number of sulfonamides is 1. The third-order valence-electron chi connectivity index (χ3n) is 4.40. The summed E-state index contributed by atoms with van der Waals surface area (Å²) in [7, 11) is -4.03. The molecule has 1 aromatic heterocycles. The topological polar surface area (TPSA) is 88.2 Å². The van der Waals surface area contributed by atoms with E-state index in [9.17, 15) is 22.0 Å². The lowest BCUT2D eigenvalue weighted by molar-refractivity contribution is -0.120. The van der Waals surface area contributed by atoms with Crippen molar-refractivity contribution in [1.82, 2.24) is 15.0 Å². The molecule has 10 heteroatoms. The van der Waals surface area contributed by atoms with Gasteiger partial charge in [-0.15, -0.1) is 11.3 Å². The van der Waals surface area contributed by atoms with E-state index in [4.69, 9.17) is 0 Å². The molecule has 3 rings (SSSR count). The summed E-state index contributed by atoms with van der Waals surface area (Å²) in [5.74, 6) is -2.72. The molecule has 0 fully saturated rings. The minimum Gasteiger partial charge on any atom is -0.356 e. The molecule has 0 bridgehead atoms. The van der Waals surface area contributed by atoms with Gasteiger partial charge in [-0.1, -0.05) is 29.8 Å². The van der Waals surface area contributed by atoms with Crippen LogP contribution in [0.4, 0.5) is 8.78 Å². The van der Waals surface area contributed by atoms with Crippen molar-refractivity contribution < 1.29 is 22.0 Å². The Morgan fingerprint density at radius 1 is 1.06 bits per heavy atom. The first-order valence-corrected chi connectivity index (χ1v) is 11.8. The van der Waals surface area contributed by atoms with Crippen LogP contribution in [0.15, 0.2) is 52.7 Å². The van der Waals surface area contributed by atoms with Gasteiger partial charge in [0.1, 0.15) is 5.01 Å². The summed E-state index contributed by atoms with van der Waals surface area (Å²) in [6.45, 7) is 2.22. The lowest BCUT2D eigenvalue weighted by Crippen LogP contribution is -2.31. The van der Waals surface area contributed by atoms with Crippen LogP contribution < -0.4 is 10.0 Å². The number of aryl methyl sites for hydroxylation is 1. The highest BCUT2D eigenvalue weighted by Gasteiger charge is 2.16. The van der Waals surface area contributed by atoms with Crippen molar-refractivity contribution in [3.63, 3.8) is 0 Å². The third-order valence-corrected chi connectivity index (χ3v) is 6.80. The lowest BCUT2D eigenvalue weighted by atomic mass is 10.2. The van der Waals surface area contributed by atoms with Crippen molar-refractivity contribution in [1.29, 1.82) is 0 Å². The number of nitrogens with one attached hydrogen (secondary N) is 2. The summed E-state index contributed by atoms with van der Waals surface area (Å²) in [6.07, 6.45) is 0.462. The van der Waals surface area contributed by atoms with Crippen LogP contribution in [-0.4, -0.2) is 32.4 Å². The maximum absolute atomic E-state index is 13.2. The highest BCUT2D eigenvalue weighted by Crippen LogP contribution is 2.24. The number of rotatable bonds is 9. The first kappa shape index (κ1) is 23.0. The average molecular weight is 466 g/mol. The van der Waals surface area contributed by atoms with Gasteiger partial charge in [-0.25, -0.2) is 26.9 Å². The molecule has 164 valence electrons. The zero-order chi connectivity index (χ0) is 22.4. The van der Waals surface area contributed by atoms with Gasteiger partial charge in [0.25, 0.3) is 0 Å². The number of nitrogens with zero attached hydrogens (tertiary/aromatic N) is 1. The molecule has 1 amide bonds. The van der Waals surface area contributed by atoms with E-state index in [1.54, 1.807) is 0 Å². The van der Waals surface area contributed by atoms with Crippen molar-refractivity contribution in [2.24, 2.45) is 0 Å². The van der Waals surface area contributed by atoms with Crippen LogP contribution >= 0.6 is 11.3 Å². The van der Waals surface area contributed by atoms with Crippen molar-refractivity contribution in [2.45, 2.75) is 24.7 Å². The highest BCUT2D eigenvalue weighted by molar-refractivity contribution is 7.89. The molecule has 1 heterocycles. The van der Waals surface area contributed by atoms with E-state index in [1.807, 2.05) is 36.6 Å². The first-order chi connectivity index (χ1) is 14.7. The summed E-state index contributed by atoms with van der Waals surface area (Å²) < 4.78 is 52.5. The van der Waals surface area contributed by atoms with Gasteiger partial charge in [-0.3, -0.25) is 4.79 Å². The standard InChI is InChI=1S/C21H21F2N3O3S2/c1-14-2-4-15(5-3-14)21-26-16(13-30-21)8-10-24-20(27)9-11-25-31(28,29)17-6-7-18(22)19(23)12-17/h2-7,12-13,25H,8-11H2,1H3,(H,24,27). The number of benzene rings is 2. The monoisotopic (exact) mass is 465 g/mol. The van der Waals surface area contributed by atoms with Crippen LogP contribution in [0.2, 0.25) is 0 Å². The summed E-state index contributed by atoms with van der Waals surface area (Å²) in [6, 6.07) is 10.4. The molecule has 0 aliphatic rings. The minimum atomic E-state index is -4.03. The van der Waals surface area contributed by atoms with Crippen molar-refractivity contribution in [3.8, 4) is 10.6 Å². The lowest BCUT2D eigenvalue weighted by Gasteiger charge is -2.08. The second-order valence-electron chi connectivity index (χ2n) is 6.83. The Kier molecular flexibility index (Phi) is 7.47. The van der Waals surface area contributed by atoms with Gasteiger partial charge < -0.3 is 5.32 Å². The van der Waals surface area contributed by atoms with Gasteiger partial charge in [0.05, 0.1) is 10.6 Å². The van der Waals surface area contributed by atoms with Crippen LogP contribution in [0.3, 0.4) is 0 Å². The second kappa shape index (κ2) is 10.1. The Morgan fingerprint density at radius 3 is 2.52 bits per heavy atom. The maximum Gasteiger partial charge on any atom is 0.240 e. The van der Waals surface area contributed by atoms with Crippen LogP contribution in [0.25, 0.3) is 10.6 Å². The molecule has 0 unspecified atom stereocenters. The molecule has 0 aliphatic carbocycles. The summed E-state index contributed by atoms with van der Waals surface area (Å²) in [4.78, 5) is 16.1. The zero-order valence-electron chi connectivity index (χ0n) is 16.7. The fourth-order valence-electron chi connectivity index (χ4n) is 2.70. The van der Waals surface area contributed by atoms with E-state index in [0.717, 1.165) is 28.4 Å². The number of halogens is 2. The van der Waals surface area contributed by atoms with Crippen molar-refractivity contribution in [2.75, 3.05) is 13.1 Å². The Morgan fingerprint density at radius 2 is 1.81 bits per heavy atom. The van der Waals surface area contributed by atoms with E-state index in [2.05, 4.69) is 15.0 Å². The average Bonchev–Trinajstić information content (AvgIpc) is 3.19. The summed E-state index contributed by atoms with van der Waals surface area (Å²) in [5, 5.41) is 5.56. The molecule has 2 N–H and O–H groups in total. The van der Waals surface area contributed by atoms with Gasteiger partial charge in [0.15, 0.2) is 11.6 Å². The van der Waals surface area contributed by atoms with Gasteiger partial charge >= 0.3 is 0 Å². The number of carbonyl (C=O) groups excluding carboxylic acids is 1. The van der Waals surface area contributed by atoms with Crippen molar-refractivity contribution >= 4 is 27.3 Å². The highest BCUT2D eigenvalue weighted by atomic mass is 32.2. The number of amides is 1. The van der Waals surface area contributed by atoms with E-state index in [-0.39, 0.29) is 18.9 Å². The normalized spacial score (nSPS) is 11.5. The molecule has 31 heavy (non-hydrogen) atoms. The molecular formula is C21H21F2N3O3S2. The van der Waals surface area contributed by atoms with Gasteiger partial charge in [0.2, 0.25) is 15.9 Å². The van der Waals surface area contributed by atoms with Gasteiger partial charge in [-0.05, 0) is 25.1 Å². The predicted octanol–water partition coefficient (Wildman–Crippen LogP) is 3.42. The van der Waals surface area contributed by atoms with E-state index in [0.29, 0.717) is 19.0 Å². The molecule has 2 aromatic carbocycles. The third kappa shape index (κ3) is 6.39. The smallest absolute Gasteiger partial charge is 0.240 e. The summed E-state index contributed by atoms with van der Waals surface area (Å²) >= 11 is 1.53. The number of hydrogen-bond donors (Lipinski definition) is 2. The SMILES string of the molecule is Cc1ccc(-c2nc(CCNC(=O)CCNS(=O)(=O)c3ccc(F)c(F)c3)cs2)cc1. The molecule has 0 atom stereocenters. The van der Waals surface area contributed by atoms with Crippen LogP contribution in [0, 0.1) is 18.6 Å². The number of carbonyl (C=O) groups is 1. The van der Waals surface area contributed by atoms with Crippen LogP contribution in [-0.2, 0) is 21.2 Å². The molecule has 0 aliphatic heterocycles. The molecular weight excluding hydrogens is 444 g/mol. The van der Waals surface area contributed by atoms with Crippen molar-refractivity contribution in [3.05, 3.63) is 70.7 Å². The number of aromatic nitrogens is 1. The first-order valence-electron chi connectivity index (χ1n) is 9.47. The molecule has 0 saturated heterocycles. The predicted molar refractivity (Wildman–Crippen MR) is 115 cm³/mol. The fraction of sp³-hybridized carbons (Fsp3) is 0.238. The van der Waals surface area contributed by atoms with E-state index < -0.39 is 26.6 Å². The fourth-order valence-corrected chi connectivity index (χ4v) is 4.60. The summed E-state index contributed by atoms with van der Waals surface area (Å²) in [5.41, 5.74) is 3.08. The Bertz CT molecular complexity index is 1160. The second-order valence-corrected chi connectivity index (χ2v) is 9.46. The number of hydrogen-bond acceptors (Lipinski definition) is 5. The van der Waals surface area contributed by atoms with Crippen LogP contribution in [0.1, 0.15) is 17.7 Å². The molecule has 0 saturated carbocycles. The van der Waals surface area contributed by atoms with E-state index in [1.165, 1.54) is 16.9 Å².